The Morgan fingerprint density at radius 3 is 2.55 bits per heavy atom. The summed E-state index contributed by atoms with van der Waals surface area (Å²) in [4.78, 5) is 0. The van der Waals surface area contributed by atoms with Crippen molar-refractivity contribution in [3.63, 3.8) is 0 Å². The number of halogens is 2. The van der Waals surface area contributed by atoms with Crippen LogP contribution < -0.4 is 5.32 Å². The van der Waals surface area contributed by atoms with E-state index in [0.717, 1.165) is 12.0 Å². The maximum absolute atomic E-state index is 14.4. The van der Waals surface area contributed by atoms with Crippen LogP contribution in [-0.2, 0) is 0 Å². The van der Waals surface area contributed by atoms with Gasteiger partial charge in [-0.3, -0.25) is 0 Å². The molecule has 0 fully saturated rings. The SMILES string of the molecule is CCCNC(c1ccoc1C)c1c(F)ccc(C)c1F. The van der Waals surface area contributed by atoms with E-state index in [2.05, 4.69) is 5.32 Å². The highest BCUT2D eigenvalue weighted by molar-refractivity contribution is 5.37. The number of rotatable bonds is 5. The molecule has 1 N–H and O–H groups in total. The average molecular weight is 279 g/mol. The zero-order chi connectivity index (χ0) is 14.7. The minimum absolute atomic E-state index is 0.0583. The molecule has 1 atom stereocenters. The van der Waals surface area contributed by atoms with Crippen LogP contribution in [0.3, 0.4) is 0 Å². The summed E-state index contributed by atoms with van der Waals surface area (Å²) < 4.78 is 33.7. The van der Waals surface area contributed by atoms with Crippen molar-refractivity contribution in [3.05, 3.63) is 58.5 Å². The van der Waals surface area contributed by atoms with Crippen LogP contribution in [0, 0.1) is 25.5 Å². The molecule has 1 aromatic heterocycles. The van der Waals surface area contributed by atoms with E-state index < -0.39 is 17.7 Å². The van der Waals surface area contributed by atoms with Crippen molar-refractivity contribution in [2.24, 2.45) is 0 Å². The predicted molar refractivity (Wildman–Crippen MR) is 74.7 cm³/mol. The molecule has 0 bridgehead atoms. The van der Waals surface area contributed by atoms with Crippen LogP contribution in [0.25, 0.3) is 0 Å². The third kappa shape index (κ3) is 2.75. The fraction of sp³-hybridized carbons (Fsp3) is 0.375. The summed E-state index contributed by atoms with van der Waals surface area (Å²) in [5, 5.41) is 3.20. The van der Waals surface area contributed by atoms with Gasteiger partial charge in [0.1, 0.15) is 17.4 Å². The first-order valence-corrected chi connectivity index (χ1v) is 6.78. The van der Waals surface area contributed by atoms with Gasteiger partial charge in [0.25, 0.3) is 0 Å². The number of furan rings is 1. The van der Waals surface area contributed by atoms with Gasteiger partial charge in [-0.1, -0.05) is 13.0 Å². The Morgan fingerprint density at radius 1 is 1.20 bits per heavy atom. The summed E-state index contributed by atoms with van der Waals surface area (Å²) in [5.41, 5.74) is 1.26. The summed E-state index contributed by atoms with van der Waals surface area (Å²) in [5.74, 6) is -0.375. The van der Waals surface area contributed by atoms with E-state index in [0.29, 0.717) is 17.9 Å². The lowest BCUT2D eigenvalue weighted by Gasteiger charge is -2.20. The molecule has 0 aliphatic rings. The molecule has 108 valence electrons. The Balaban J connectivity index is 2.52. The molecule has 1 heterocycles. The van der Waals surface area contributed by atoms with Crippen molar-refractivity contribution < 1.29 is 13.2 Å². The first kappa shape index (κ1) is 14.7. The fourth-order valence-corrected chi connectivity index (χ4v) is 2.29. The number of hydrogen-bond donors (Lipinski definition) is 1. The lowest BCUT2D eigenvalue weighted by molar-refractivity contribution is 0.485. The predicted octanol–water partition coefficient (Wildman–Crippen LogP) is 4.26. The van der Waals surface area contributed by atoms with E-state index in [1.54, 1.807) is 19.9 Å². The summed E-state index contributed by atoms with van der Waals surface area (Å²) in [6.07, 6.45) is 2.42. The van der Waals surface area contributed by atoms with Gasteiger partial charge in [-0.2, -0.15) is 0 Å². The van der Waals surface area contributed by atoms with Gasteiger partial charge < -0.3 is 9.73 Å². The molecule has 0 saturated heterocycles. The summed E-state index contributed by atoms with van der Waals surface area (Å²) in [6.45, 7) is 6.11. The van der Waals surface area contributed by atoms with Gasteiger partial charge in [-0.25, -0.2) is 8.78 Å². The second kappa shape index (κ2) is 6.18. The Hall–Kier alpha value is -1.68. The van der Waals surface area contributed by atoms with E-state index in [-0.39, 0.29) is 5.56 Å². The highest BCUT2D eigenvalue weighted by Crippen LogP contribution is 2.30. The van der Waals surface area contributed by atoms with Crippen LogP contribution in [-0.4, -0.2) is 6.54 Å². The molecule has 0 amide bonds. The maximum atomic E-state index is 14.4. The lowest BCUT2D eigenvalue weighted by atomic mass is 9.96. The molecule has 0 saturated carbocycles. The van der Waals surface area contributed by atoms with Gasteiger partial charge in [0.15, 0.2) is 0 Å². The highest BCUT2D eigenvalue weighted by Gasteiger charge is 2.25. The monoisotopic (exact) mass is 279 g/mol. The van der Waals surface area contributed by atoms with E-state index >= 15 is 0 Å². The van der Waals surface area contributed by atoms with Gasteiger partial charge >= 0.3 is 0 Å². The molecule has 2 nitrogen and oxygen atoms in total. The topological polar surface area (TPSA) is 25.2 Å². The highest BCUT2D eigenvalue weighted by atomic mass is 19.1. The molecule has 0 aliphatic carbocycles. The normalized spacial score (nSPS) is 12.7. The first-order chi connectivity index (χ1) is 9.56. The Kier molecular flexibility index (Phi) is 4.55. The minimum Gasteiger partial charge on any atom is -0.469 e. The smallest absolute Gasteiger partial charge is 0.134 e. The third-order valence-electron chi connectivity index (χ3n) is 3.42. The molecule has 2 rings (SSSR count). The van der Waals surface area contributed by atoms with Gasteiger partial charge in [0.05, 0.1) is 12.3 Å². The van der Waals surface area contributed by atoms with Gasteiger partial charge in [-0.15, -0.1) is 0 Å². The zero-order valence-corrected chi connectivity index (χ0v) is 12.0. The van der Waals surface area contributed by atoms with E-state index in [1.807, 2.05) is 6.92 Å². The van der Waals surface area contributed by atoms with Crippen molar-refractivity contribution in [2.75, 3.05) is 6.54 Å². The minimum atomic E-state index is -0.540. The number of hydrogen-bond acceptors (Lipinski definition) is 2. The van der Waals surface area contributed by atoms with E-state index in [9.17, 15) is 8.78 Å². The van der Waals surface area contributed by atoms with Crippen LogP contribution in [0.4, 0.5) is 8.78 Å². The number of nitrogens with one attached hydrogen (secondary N) is 1. The van der Waals surface area contributed by atoms with E-state index in [1.165, 1.54) is 18.4 Å². The van der Waals surface area contributed by atoms with Gasteiger partial charge in [0.2, 0.25) is 0 Å². The number of aryl methyl sites for hydroxylation is 2. The molecular weight excluding hydrogens is 260 g/mol. The first-order valence-electron chi connectivity index (χ1n) is 6.78. The molecule has 20 heavy (non-hydrogen) atoms. The van der Waals surface area contributed by atoms with Crippen LogP contribution >= 0.6 is 0 Å². The Morgan fingerprint density at radius 2 is 1.95 bits per heavy atom. The lowest BCUT2D eigenvalue weighted by Crippen LogP contribution is -2.25. The van der Waals surface area contributed by atoms with E-state index in [4.69, 9.17) is 4.42 Å². The molecule has 4 heteroatoms. The van der Waals surface area contributed by atoms with Crippen molar-refractivity contribution in [3.8, 4) is 0 Å². The molecule has 0 spiro atoms. The second-order valence-corrected chi connectivity index (χ2v) is 4.91. The fourth-order valence-electron chi connectivity index (χ4n) is 2.29. The quantitative estimate of drug-likeness (QED) is 0.884. The maximum Gasteiger partial charge on any atom is 0.134 e. The Labute approximate surface area is 117 Å². The third-order valence-corrected chi connectivity index (χ3v) is 3.42. The second-order valence-electron chi connectivity index (χ2n) is 4.91. The zero-order valence-electron chi connectivity index (χ0n) is 12.0. The number of benzene rings is 1. The van der Waals surface area contributed by atoms with Crippen molar-refractivity contribution >= 4 is 0 Å². The standard InChI is InChI=1S/C16H19F2NO/c1-4-8-19-16(12-7-9-20-11(12)3)14-13(17)6-5-10(2)15(14)18/h5-7,9,16,19H,4,8H2,1-3H3. The molecule has 0 radical (unpaired) electrons. The van der Waals surface area contributed by atoms with Crippen LogP contribution in [0.1, 0.15) is 41.8 Å². The Bertz CT molecular complexity index is 592. The largest absolute Gasteiger partial charge is 0.469 e. The molecule has 0 aliphatic heterocycles. The van der Waals surface area contributed by atoms with Crippen molar-refractivity contribution in [2.45, 2.75) is 33.2 Å². The molecular formula is C16H19F2NO. The molecule has 2 aromatic rings. The summed E-state index contributed by atoms with van der Waals surface area (Å²) in [6, 6.07) is 3.98. The molecule has 1 aromatic carbocycles. The van der Waals surface area contributed by atoms with Crippen molar-refractivity contribution in [1.82, 2.24) is 5.32 Å². The summed E-state index contributed by atoms with van der Waals surface area (Å²) >= 11 is 0. The molecule has 1 unspecified atom stereocenters. The van der Waals surface area contributed by atoms with Gasteiger partial charge in [0, 0.05) is 11.1 Å². The summed E-state index contributed by atoms with van der Waals surface area (Å²) in [7, 11) is 0. The van der Waals surface area contributed by atoms with Crippen LogP contribution in [0.2, 0.25) is 0 Å². The van der Waals surface area contributed by atoms with Gasteiger partial charge in [-0.05, 0) is 44.5 Å². The van der Waals surface area contributed by atoms with Crippen LogP contribution in [0.15, 0.2) is 28.9 Å². The van der Waals surface area contributed by atoms with Crippen LogP contribution in [0.5, 0.6) is 0 Å². The average Bonchev–Trinajstić information content (AvgIpc) is 2.84. The van der Waals surface area contributed by atoms with Crippen molar-refractivity contribution in [1.29, 1.82) is 0 Å².